The highest BCUT2D eigenvalue weighted by molar-refractivity contribution is 9.10. The molecular weight excluding hydrogens is 1390 g/mol. The lowest BCUT2D eigenvalue weighted by atomic mass is 10.1. The zero-order valence-corrected chi connectivity index (χ0v) is 58.4. The van der Waals surface area contributed by atoms with Crippen molar-refractivity contribution in [3.05, 3.63) is 360 Å². The Labute approximate surface area is 609 Å². The first-order valence-electron chi connectivity index (χ1n) is 34.3. The van der Waals surface area contributed by atoms with Gasteiger partial charge in [0.25, 0.3) is 0 Å². The van der Waals surface area contributed by atoms with Crippen LogP contribution >= 0.6 is 31.9 Å². The third kappa shape index (κ3) is 10.9. The molecule has 0 aliphatic heterocycles. The second-order valence-corrected chi connectivity index (χ2v) is 27.5. The van der Waals surface area contributed by atoms with Crippen LogP contribution in [0.1, 0.15) is 11.1 Å². The summed E-state index contributed by atoms with van der Waals surface area (Å²) in [5, 5.41) is 9.40. The fraction of sp³-hybridized carbons (Fsp3) is 0.0110. The van der Waals surface area contributed by atoms with Crippen molar-refractivity contribution >= 4 is 119 Å². The SMILES string of the molecule is Brc1ccc2c(c1)c1cc(Br)ccc1n2-c1nc(-c2ccccc2)nc(-c2ccccc2)n1.c1ccc(-c2nc(-c3ccccc3)nc(-n3c4ccc(-n5c6ccccc6c6ccccc65)cc4c4cc(-n5c6ccccc6c6ccccc65)ccc43)n2)cc1.c1ccc2c(c1)Cc1ccccc1-2. The van der Waals surface area contributed by atoms with Gasteiger partial charge < -0.3 is 9.13 Å². The predicted octanol–water partition coefficient (Wildman–Crippen LogP) is 23.6. The molecule has 0 atom stereocenters. The van der Waals surface area contributed by atoms with Gasteiger partial charge in [0, 0.05) is 85.7 Å². The van der Waals surface area contributed by atoms with E-state index in [1.807, 2.05) is 109 Å². The largest absolute Gasteiger partial charge is 0.309 e. The number of hydrogen-bond acceptors (Lipinski definition) is 6. The summed E-state index contributed by atoms with van der Waals surface area (Å²) in [6, 6.07) is 118. The van der Waals surface area contributed by atoms with E-state index in [-0.39, 0.29) is 0 Å². The average molecular weight is 1450 g/mol. The lowest BCUT2D eigenvalue weighted by Crippen LogP contribution is -2.06. The molecular formula is C91H58Br2N10. The molecule has 21 rings (SSSR count). The van der Waals surface area contributed by atoms with E-state index < -0.39 is 0 Å². The van der Waals surface area contributed by atoms with Crippen molar-refractivity contribution in [2.45, 2.75) is 6.42 Å². The second-order valence-electron chi connectivity index (χ2n) is 25.7. The predicted molar refractivity (Wildman–Crippen MR) is 429 cm³/mol. The minimum Gasteiger partial charge on any atom is -0.309 e. The van der Waals surface area contributed by atoms with E-state index >= 15 is 0 Å². The number of para-hydroxylation sites is 4. The highest BCUT2D eigenvalue weighted by Crippen LogP contribution is 2.42. The van der Waals surface area contributed by atoms with Crippen LogP contribution in [0.25, 0.3) is 167 Å². The molecule has 0 spiro atoms. The summed E-state index contributed by atoms with van der Waals surface area (Å²) in [5.74, 6) is 3.69. The number of nitrogens with zero attached hydrogens (tertiary/aromatic N) is 10. The smallest absolute Gasteiger partial charge is 0.238 e. The van der Waals surface area contributed by atoms with Gasteiger partial charge in [-0.3, -0.25) is 9.13 Å². The molecule has 1 aliphatic carbocycles. The molecule has 6 heterocycles. The lowest BCUT2D eigenvalue weighted by Gasteiger charge is -2.12. The Morgan fingerprint density at radius 2 is 0.476 bits per heavy atom. The van der Waals surface area contributed by atoms with Crippen molar-refractivity contribution in [1.82, 2.24) is 48.2 Å². The van der Waals surface area contributed by atoms with Gasteiger partial charge in [-0.15, -0.1) is 0 Å². The first-order chi connectivity index (χ1) is 50.9. The van der Waals surface area contributed by atoms with Crippen molar-refractivity contribution in [3.63, 3.8) is 0 Å². The molecule has 103 heavy (non-hydrogen) atoms. The molecule has 20 aromatic rings. The third-order valence-corrected chi connectivity index (χ3v) is 20.6. The number of hydrogen-bond donors (Lipinski definition) is 0. The van der Waals surface area contributed by atoms with Crippen LogP contribution < -0.4 is 0 Å². The zero-order chi connectivity index (χ0) is 68.5. The Balaban J connectivity index is 0.000000132. The first-order valence-corrected chi connectivity index (χ1v) is 35.8. The van der Waals surface area contributed by atoms with Crippen LogP contribution in [0.2, 0.25) is 0 Å². The standard InChI is InChI=1S/C51H32N6.C27H16Br2N4.C13H10/c1-3-15-33(16-4-1)49-52-50(34-17-5-2-6-18-34)54-51(53-49)57-47-29-27-35(55-43-23-11-7-19-37(43)38-20-8-12-24-44(38)55)31-41(47)42-32-36(28-30-48(42)57)56-45-25-13-9-21-39(45)40-22-10-14-26-46(40)56;28-19-11-13-23-21(15-19)22-16-20(29)12-14-24(22)33(23)27-31-25(17-7-3-1-4-8-17)30-26(32-27)18-9-5-2-6-10-18;1-3-7-12-10(5-1)9-11-6-2-4-8-13(11)12/h1-32H;1-16H;1-8H,9H2. The summed E-state index contributed by atoms with van der Waals surface area (Å²) >= 11 is 7.25. The Bertz CT molecular complexity index is 6190. The molecule has 0 bridgehead atoms. The van der Waals surface area contributed by atoms with Crippen molar-refractivity contribution in [2.24, 2.45) is 0 Å². The fourth-order valence-corrected chi connectivity index (χ4v) is 15.7. The van der Waals surface area contributed by atoms with Crippen molar-refractivity contribution in [3.8, 4) is 79.9 Å². The van der Waals surface area contributed by atoms with E-state index in [2.05, 4.69) is 281 Å². The minimum atomic E-state index is 0.567. The molecule has 0 unspecified atom stereocenters. The Kier molecular flexibility index (Phi) is 15.4. The van der Waals surface area contributed by atoms with Gasteiger partial charge in [-0.1, -0.05) is 275 Å². The summed E-state index contributed by atoms with van der Waals surface area (Å²) in [6.45, 7) is 0. The summed E-state index contributed by atoms with van der Waals surface area (Å²) in [6.07, 6.45) is 1.10. The first kappa shape index (κ1) is 61.4. The molecule has 10 nitrogen and oxygen atoms in total. The molecule has 0 saturated carbocycles. The number of rotatable bonds is 8. The monoisotopic (exact) mass is 1450 g/mol. The van der Waals surface area contributed by atoms with Gasteiger partial charge in [0.2, 0.25) is 11.9 Å². The van der Waals surface area contributed by atoms with Gasteiger partial charge in [-0.25, -0.2) is 9.97 Å². The molecule has 12 heteroatoms. The average Bonchev–Trinajstić information content (AvgIpc) is 1.58. The Morgan fingerprint density at radius 1 is 0.214 bits per heavy atom. The highest BCUT2D eigenvalue weighted by atomic mass is 79.9. The van der Waals surface area contributed by atoms with E-state index in [1.54, 1.807) is 0 Å². The van der Waals surface area contributed by atoms with Gasteiger partial charge in [0.1, 0.15) is 0 Å². The highest BCUT2D eigenvalue weighted by Gasteiger charge is 2.24. The van der Waals surface area contributed by atoms with Crippen molar-refractivity contribution in [1.29, 1.82) is 0 Å². The van der Waals surface area contributed by atoms with Gasteiger partial charge in [0.15, 0.2) is 23.3 Å². The third-order valence-electron chi connectivity index (χ3n) is 19.6. The second kappa shape index (κ2) is 25.8. The fourth-order valence-electron chi connectivity index (χ4n) is 15.0. The summed E-state index contributed by atoms with van der Waals surface area (Å²) in [7, 11) is 0. The molecule has 0 N–H and O–H groups in total. The minimum absolute atomic E-state index is 0.567. The van der Waals surface area contributed by atoms with Gasteiger partial charge in [0.05, 0.1) is 44.1 Å². The number of benzene rings is 14. The molecule has 0 fully saturated rings. The van der Waals surface area contributed by atoms with Crippen LogP contribution in [-0.4, -0.2) is 48.2 Å². The van der Waals surface area contributed by atoms with Crippen molar-refractivity contribution < 1.29 is 0 Å². The summed E-state index contributed by atoms with van der Waals surface area (Å²) < 4.78 is 11.1. The number of aromatic nitrogens is 10. The molecule has 0 amide bonds. The summed E-state index contributed by atoms with van der Waals surface area (Å²) in [5.41, 5.74) is 20.5. The number of fused-ring (bicyclic) bond motifs is 15. The topological polar surface area (TPSA) is 97.1 Å². The van der Waals surface area contributed by atoms with Crippen LogP contribution in [0.15, 0.2) is 349 Å². The number of halogens is 2. The van der Waals surface area contributed by atoms with Crippen LogP contribution in [0.4, 0.5) is 0 Å². The summed E-state index contributed by atoms with van der Waals surface area (Å²) in [4.78, 5) is 30.1. The molecule has 14 aromatic carbocycles. The van der Waals surface area contributed by atoms with Gasteiger partial charge in [-0.2, -0.15) is 19.9 Å². The van der Waals surface area contributed by atoms with E-state index in [9.17, 15) is 0 Å². The van der Waals surface area contributed by atoms with E-state index in [1.165, 1.54) is 65.9 Å². The maximum Gasteiger partial charge on any atom is 0.238 e. The molecule has 6 aromatic heterocycles. The molecule has 1 aliphatic rings. The van der Waals surface area contributed by atoms with E-state index in [0.29, 0.717) is 35.2 Å². The van der Waals surface area contributed by atoms with Crippen molar-refractivity contribution in [2.75, 3.05) is 0 Å². The van der Waals surface area contributed by atoms with Gasteiger partial charge in [-0.05, 0) is 126 Å². The molecule has 486 valence electrons. The van der Waals surface area contributed by atoms with Crippen LogP contribution in [0.3, 0.4) is 0 Å². The van der Waals surface area contributed by atoms with Crippen LogP contribution in [-0.2, 0) is 6.42 Å². The lowest BCUT2D eigenvalue weighted by molar-refractivity contribution is 0.953. The normalized spacial score (nSPS) is 11.7. The van der Waals surface area contributed by atoms with E-state index in [0.717, 1.165) is 92.6 Å². The zero-order valence-electron chi connectivity index (χ0n) is 55.3. The molecule has 0 saturated heterocycles. The maximum atomic E-state index is 5.21. The Morgan fingerprint density at radius 3 is 0.806 bits per heavy atom. The quantitative estimate of drug-likeness (QED) is 0.150. The van der Waals surface area contributed by atoms with Crippen LogP contribution in [0, 0.1) is 0 Å². The van der Waals surface area contributed by atoms with Gasteiger partial charge >= 0.3 is 0 Å². The van der Waals surface area contributed by atoms with E-state index in [4.69, 9.17) is 29.9 Å². The Hall–Kier alpha value is -12.7. The maximum absolute atomic E-state index is 5.21. The molecule has 0 radical (unpaired) electrons. The van der Waals surface area contributed by atoms with Crippen LogP contribution in [0.5, 0.6) is 0 Å².